The Morgan fingerprint density at radius 1 is 1.31 bits per heavy atom. The highest BCUT2D eigenvalue weighted by Gasteiger charge is 2.31. The minimum Gasteiger partial charge on any atom is -0.501 e. The van der Waals surface area contributed by atoms with Gasteiger partial charge in [0.1, 0.15) is 17.8 Å². The van der Waals surface area contributed by atoms with E-state index >= 15 is 0 Å². The number of aryl methyl sites for hydroxylation is 1. The lowest BCUT2D eigenvalue weighted by molar-refractivity contribution is 0.101. The lowest BCUT2D eigenvalue weighted by atomic mass is 9.80. The quantitative estimate of drug-likeness (QED) is 0.416. The van der Waals surface area contributed by atoms with E-state index < -0.39 is 34.7 Å². The van der Waals surface area contributed by atoms with Crippen LogP contribution in [-0.2, 0) is 13.6 Å². The smallest absolute Gasteiger partial charge is 0.296 e. The summed E-state index contributed by atoms with van der Waals surface area (Å²) in [7, 11) is 1.79. The number of aromatic hydroxyl groups is 1. The number of amides is 1. The topological polar surface area (TPSA) is 152 Å². The van der Waals surface area contributed by atoms with E-state index in [2.05, 4.69) is 26.6 Å². The lowest BCUT2D eigenvalue weighted by Crippen LogP contribution is -2.31. The Labute approximate surface area is 200 Å². The minimum atomic E-state index is -0.783. The average molecular weight is 473 g/mol. The van der Waals surface area contributed by atoms with Gasteiger partial charge in [0, 0.05) is 31.6 Å². The van der Waals surface area contributed by atoms with Crippen molar-refractivity contribution in [3.63, 3.8) is 0 Å². The van der Waals surface area contributed by atoms with Gasteiger partial charge in [-0.05, 0) is 24.1 Å². The van der Waals surface area contributed by atoms with Gasteiger partial charge >= 0.3 is 0 Å². The van der Waals surface area contributed by atoms with Gasteiger partial charge in [-0.2, -0.15) is 10.4 Å². The van der Waals surface area contributed by atoms with Gasteiger partial charge in [0.2, 0.25) is 5.75 Å². The van der Waals surface area contributed by atoms with Crippen molar-refractivity contribution in [3.8, 4) is 11.8 Å². The molecule has 4 rings (SSSR count). The molecular formula is C24H23N7O4. The fraction of sp³-hybridized carbons (Fsp3) is 0.250. The molecule has 0 radical (unpaired) electrons. The zero-order valence-corrected chi connectivity index (χ0v) is 19.3. The first-order valence-electron chi connectivity index (χ1n) is 10.9. The van der Waals surface area contributed by atoms with Crippen LogP contribution in [0.2, 0.25) is 0 Å². The summed E-state index contributed by atoms with van der Waals surface area (Å²) in [5.74, 6) is -2.15. The maximum absolute atomic E-state index is 13.1. The molecule has 35 heavy (non-hydrogen) atoms. The molecule has 4 aromatic rings. The highest BCUT2D eigenvalue weighted by atomic mass is 16.5. The maximum atomic E-state index is 13.1. The summed E-state index contributed by atoms with van der Waals surface area (Å²) in [6, 6.07) is 9.41. The van der Waals surface area contributed by atoms with Gasteiger partial charge in [0.05, 0.1) is 24.0 Å². The van der Waals surface area contributed by atoms with E-state index in [0.717, 1.165) is 11.1 Å². The summed E-state index contributed by atoms with van der Waals surface area (Å²) in [6.45, 7) is 3.82. The normalized spacial score (nSPS) is 12.6. The number of aromatic nitrogens is 5. The number of anilines is 1. The van der Waals surface area contributed by atoms with E-state index in [1.54, 1.807) is 37.0 Å². The van der Waals surface area contributed by atoms with Crippen molar-refractivity contribution >= 4 is 11.6 Å². The first kappa shape index (κ1) is 23.4. The number of benzene rings is 1. The summed E-state index contributed by atoms with van der Waals surface area (Å²) in [5, 5.41) is 30.6. The van der Waals surface area contributed by atoms with Crippen LogP contribution in [0.3, 0.4) is 0 Å². The number of hydrogen-bond donors (Lipinski definition) is 2. The van der Waals surface area contributed by atoms with E-state index in [-0.39, 0.29) is 18.1 Å². The van der Waals surface area contributed by atoms with Crippen LogP contribution < -0.4 is 10.9 Å². The second-order valence-corrected chi connectivity index (χ2v) is 8.00. The lowest BCUT2D eigenvalue weighted by Gasteiger charge is -2.26. The molecule has 178 valence electrons. The van der Waals surface area contributed by atoms with E-state index in [1.165, 1.54) is 17.0 Å². The third kappa shape index (κ3) is 4.41. The Kier molecular flexibility index (Phi) is 6.46. The summed E-state index contributed by atoms with van der Waals surface area (Å²) in [5.41, 5.74) is 1.11. The fourth-order valence-corrected chi connectivity index (χ4v) is 4.19. The molecule has 2 atom stereocenters. The van der Waals surface area contributed by atoms with Crippen LogP contribution in [0, 0.1) is 11.3 Å². The van der Waals surface area contributed by atoms with Crippen molar-refractivity contribution in [1.29, 1.82) is 5.26 Å². The Morgan fingerprint density at radius 2 is 2.09 bits per heavy atom. The summed E-state index contributed by atoms with van der Waals surface area (Å²) in [6.07, 6.45) is 6.03. The Bertz CT molecular complexity index is 1460. The standard InChI is InChI=1S/C24H23N7O4/c1-4-31-22(29-20(21(32)24(31)34)23(33)28-17-11-27-35-13-17)14(2)19(16-10-26-30(3)12-16)18-8-6-5-7-15(18)9-25/h5-8,10-14,19,32H,4H2,1-3H3,(H,28,33). The van der Waals surface area contributed by atoms with Crippen molar-refractivity contribution < 1.29 is 14.4 Å². The summed E-state index contributed by atoms with van der Waals surface area (Å²) >= 11 is 0. The first-order chi connectivity index (χ1) is 16.8. The Balaban J connectivity index is 1.88. The average Bonchev–Trinajstić information content (AvgIpc) is 3.52. The molecule has 0 aliphatic heterocycles. The third-order valence-corrected chi connectivity index (χ3v) is 5.80. The van der Waals surface area contributed by atoms with Crippen LogP contribution in [0.1, 0.15) is 58.7 Å². The predicted molar refractivity (Wildman–Crippen MR) is 125 cm³/mol. The highest BCUT2D eigenvalue weighted by Crippen LogP contribution is 2.39. The van der Waals surface area contributed by atoms with E-state index in [0.29, 0.717) is 5.56 Å². The fourth-order valence-electron chi connectivity index (χ4n) is 4.19. The molecule has 3 aromatic heterocycles. The van der Waals surface area contributed by atoms with Crippen LogP contribution >= 0.6 is 0 Å². The van der Waals surface area contributed by atoms with Gasteiger partial charge < -0.3 is 14.9 Å². The molecule has 0 bridgehead atoms. The zero-order valence-electron chi connectivity index (χ0n) is 19.3. The molecule has 0 spiro atoms. The van der Waals surface area contributed by atoms with Crippen molar-refractivity contribution in [2.75, 3.05) is 5.32 Å². The van der Waals surface area contributed by atoms with Crippen LogP contribution in [0.5, 0.6) is 5.75 Å². The molecule has 0 saturated heterocycles. The van der Waals surface area contributed by atoms with Gasteiger partial charge in [0.15, 0.2) is 5.69 Å². The number of carbonyl (C=O) groups excluding carboxylic acids is 1. The second kappa shape index (κ2) is 9.64. The van der Waals surface area contributed by atoms with E-state index in [1.807, 2.05) is 25.3 Å². The van der Waals surface area contributed by atoms with Crippen LogP contribution in [0.4, 0.5) is 5.69 Å². The highest BCUT2D eigenvalue weighted by molar-refractivity contribution is 6.04. The Hall–Kier alpha value is -4.72. The first-order valence-corrected chi connectivity index (χ1v) is 10.9. The SMILES string of the molecule is CCn1c(C(C)C(c2cnn(C)c2)c2ccccc2C#N)nc(C(=O)Nc2cnoc2)c(O)c1=O. The molecule has 0 saturated carbocycles. The van der Waals surface area contributed by atoms with Crippen LogP contribution in [-0.4, -0.2) is 35.5 Å². The van der Waals surface area contributed by atoms with Gasteiger partial charge in [-0.15, -0.1) is 0 Å². The Morgan fingerprint density at radius 3 is 2.71 bits per heavy atom. The monoisotopic (exact) mass is 473 g/mol. The third-order valence-electron chi connectivity index (χ3n) is 5.80. The number of rotatable bonds is 7. The van der Waals surface area contributed by atoms with Gasteiger partial charge in [0.25, 0.3) is 11.5 Å². The maximum Gasteiger partial charge on any atom is 0.296 e. The molecule has 2 N–H and O–H groups in total. The molecule has 0 aliphatic rings. The molecule has 3 heterocycles. The summed E-state index contributed by atoms with van der Waals surface area (Å²) < 4.78 is 7.69. The zero-order chi connectivity index (χ0) is 25.1. The van der Waals surface area contributed by atoms with Crippen molar-refractivity contribution in [2.45, 2.75) is 32.2 Å². The van der Waals surface area contributed by atoms with Crippen molar-refractivity contribution in [3.05, 3.63) is 87.7 Å². The minimum absolute atomic E-state index is 0.215. The number of nitriles is 1. The van der Waals surface area contributed by atoms with Crippen LogP contribution in [0.25, 0.3) is 0 Å². The predicted octanol–water partition coefficient (Wildman–Crippen LogP) is 2.75. The molecule has 11 heteroatoms. The van der Waals surface area contributed by atoms with E-state index in [4.69, 9.17) is 4.52 Å². The molecule has 11 nitrogen and oxygen atoms in total. The molecule has 2 unspecified atom stereocenters. The van der Waals surface area contributed by atoms with Crippen molar-refractivity contribution in [2.24, 2.45) is 7.05 Å². The number of nitrogens with one attached hydrogen (secondary N) is 1. The van der Waals surface area contributed by atoms with Gasteiger partial charge in [-0.25, -0.2) is 4.98 Å². The molecular weight excluding hydrogens is 450 g/mol. The molecule has 0 aliphatic carbocycles. The number of carbonyl (C=O) groups is 1. The largest absolute Gasteiger partial charge is 0.501 e. The van der Waals surface area contributed by atoms with Crippen LogP contribution in [0.15, 0.2) is 58.4 Å². The molecule has 1 aromatic carbocycles. The molecule has 0 fully saturated rings. The number of nitrogens with zero attached hydrogens (tertiary/aromatic N) is 6. The second-order valence-electron chi connectivity index (χ2n) is 8.00. The summed E-state index contributed by atoms with van der Waals surface area (Å²) in [4.78, 5) is 30.4. The van der Waals surface area contributed by atoms with E-state index in [9.17, 15) is 20.0 Å². The molecule has 1 amide bonds. The van der Waals surface area contributed by atoms with Gasteiger partial charge in [-0.3, -0.25) is 18.8 Å². The number of hydrogen-bond acceptors (Lipinski definition) is 8. The van der Waals surface area contributed by atoms with Crippen molar-refractivity contribution in [1.82, 2.24) is 24.5 Å². The van der Waals surface area contributed by atoms with Gasteiger partial charge in [-0.1, -0.05) is 30.3 Å².